The van der Waals surface area contributed by atoms with E-state index < -0.39 is 60.3 Å². The van der Waals surface area contributed by atoms with E-state index in [-0.39, 0.29) is 24.4 Å². The summed E-state index contributed by atoms with van der Waals surface area (Å²) in [5, 5.41) is 3.18. The first-order chi connectivity index (χ1) is 28.9. The Bertz CT molecular complexity index is 2360. The number of amides is 4. The molecular formula is C45H47F4N7O4. The van der Waals surface area contributed by atoms with Gasteiger partial charge in [-0.05, 0) is 106 Å². The van der Waals surface area contributed by atoms with Crippen LogP contribution < -0.4 is 10.2 Å². The number of hydrogen-bond donors (Lipinski definition) is 2. The molecule has 6 aliphatic rings. The third-order valence-corrected chi connectivity index (χ3v) is 14.1. The molecule has 3 fully saturated rings. The van der Waals surface area contributed by atoms with Gasteiger partial charge in [0.25, 0.3) is 18.2 Å². The molecule has 1 unspecified atom stereocenters. The summed E-state index contributed by atoms with van der Waals surface area (Å²) in [4.78, 5) is 63.7. The van der Waals surface area contributed by atoms with Crippen molar-refractivity contribution in [2.75, 3.05) is 37.6 Å². The molecule has 314 valence electrons. The molecule has 60 heavy (non-hydrogen) atoms. The average Bonchev–Trinajstić information content (AvgIpc) is 3.89. The van der Waals surface area contributed by atoms with Crippen molar-refractivity contribution in [3.8, 4) is 0 Å². The summed E-state index contributed by atoms with van der Waals surface area (Å²) in [5.74, 6) is -3.48. The first-order valence-corrected chi connectivity index (χ1v) is 21.2. The summed E-state index contributed by atoms with van der Waals surface area (Å²) in [7, 11) is 0. The topological polar surface area (TPSA) is 112 Å². The van der Waals surface area contributed by atoms with E-state index in [0.717, 1.165) is 71.3 Å². The number of halogens is 4. The van der Waals surface area contributed by atoms with Gasteiger partial charge in [0.1, 0.15) is 17.7 Å². The minimum absolute atomic E-state index is 0.0774. The van der Waals surface area contributed by atoms with Crippen molar-refractivity contribution in [3.63, 3.8) is 0 Å². The number of nitrogens with one attached hydrogen (secondary N) is 2. The highest BCUT2D eigenvalue weighted by atomic mass is 19.3. The number of fused-ring (bicyclic) bond motifs is 5. The molecule has 3 saturated heterocycles. The molecule has 4 amide bonds. The van der Waals surface area contributed by atoms with Gasteiger partial charge < -0.3 is 14.8 Å². The second kappa shape index (κ2) is 15.1. The van der Waals surface area contributed by atoms with Crippen LogP contribution in [0.1, 0.15) is 100 Å². The maximum Gasteiger partial charge on any atom is 0.262 e. The summed E-state index contributed by atoms with van der Waals surface area (Å²) in [5.41, 5.74) is 5.18. The molecule has 0 radical (unpaired) electrons. The average molecular weight is 826 g/mol. The lowest BCUT2D eigenvalue weighted by atomic mass is 9.88. The fourth-order valence-electron chi connectivity index (χ4n) is 11.0. The predicted molar refractivity (Wildman–Crippen MR) is 215 cm³/mol. The number of rotatable bonds is 7. The maximum atomic E-state index is 16.3. The van der Waals surface area contributed by atoms with Crippen molar-refractivity contribution in [1.29, 1.82) is 0 Å². The molecule has 4 aromatic rings. The number of H-pyrrole nitrogens is 1. The largest absolute Gasteiger partial charge is 0.371 e. The van der Waals surface area contributed by atoms with Crippen LogP contribution in [0, 0.1) is 11.6 Å². The summed E-state index contributed by atoms with van der Waals surface area (Å²) in [6.07, 6.45) is 1.64. The van der Waals surface area contributed by atoms with E-state index in [4.69, 9.17) is 0 Å². The fraction of sp³-hybridized carbons (Fsp3) is 0.467. The Kier molecular flexibility index (Phi) is 9.83. The smallest absolute Gasteiger partial charge is 0.262 e. The number of hydrogen-bond acceptors (Lipinski definition) is 8. The zero-order valence-electron chi connectivity index (χ0n) is 33.4. The lowest BCUT2D eigenvalue weighted by Gasteiger charge is -2.44. The van der Waals surface area contributed by atoms with Gasteiger partial charge in [0, 0.05) is 78.6 Å². The summed E-state index contributed by atoms with van der Waals surface area (Å²) >= 11 is 0. The molecule has 3 aromatic carbocycles. The lowest BCUT2D eigenvalue weighted by molar-refractivity contribution is -0.136. The standard InChI is InChI=1S/C45H47F4N7O4/c1-24-16-31-30-4-2-3-5-36(30)50-41(31)42(55(24)23-38(48)49)40-34(46)19-29(20-35(40)47)53-14-8-27(9-15-53)52-12-10-28(11-13-52)54-21-25-17-32-33(18-26(25)22-54)45(60)56(44(32)59)37-6-7-39(57)51-43(37)58/h2-5,17-20,24,27-28,37-38,42,50H,6-16,21-23H2,1H3,(H,51,57,58)/t24-,37?,42-/m1/s1. The summed E-state index contributed by atoms with van der Waals surface area (Å²) < 4.78 is 60.4. The minimum atomic E-state index is -2.67. The van der Waals surface area contributed by atoms with Gasteiger partial charge in [-0.1, -0.05) is 18.2 Å². The number of benzene rings is 3. The molecule has 0 saturated carbocycles. The Morgan fingerprint density at radius 1 is 0.783 bits per heavy atom. The van der Waals surface area contributed by atoms with Crippen molar-refractivity contribution >= 4 is 40.2 Å². The van der Waals surface area contributed by atoms with Crippen molar-refractivity contribution in [3.05, 3.63) is 99.2 Å². The molecular weight excluding hydrogens is 779 g/mol. The highest BCUT2D eigenvalue weighted by Gasteiger charge is 2.46. The number of para-hydroxylation sites is 1. The fourth-order valence-corrected chi connectivity index (χ4v) is 11.0. The van der Waals surface area contributed by atoms with Crippen LogP contribution in [0.15, 0.2) is 48.5 Å². The third-order valence-electron chi connectivity index (χ3n) is 14.1. The van der Waals surface area contributed by atoms with Gasteiger partial charge in [0.15, 0.2) is 0 Å². The zero-order chi connectivity index (χ0) is 41.6. The Hall–Kier alpha value is -5.12. The van der Waals surface area contributed by atoms with E-state index in [0.29, 0.717) is 67.2 Å². The van der Waals surface area contributed by atoms with Gasteiger partial charge in [-0.2, -0.15) is 0 Å². The second-order valence-corrected chi connectivity index (χ2v) is 17.4. The zero-order valence-corrected chi connectivity index (χ0v) is 33.4. The number of piperidine rings is 3. The van der Waals surface area contributed by atoms with Gasteiger partial charge in [-0.25, -0.2) is 17.6 Å². The number of carbonyl (C=O) groups excluding carboxylic acids is 4. The van der Waals surface area contributed by atoms with Gasteiger partial charge >= 0.3 is 0 Å². The molecule has 0 spiro atoms. The molecule has 1 aromatic heterocycles. The highest BCUT2D eigenvalue weighted by Crippen LogP contribution is 2.44. The van der Waals surface area contributed by atoms with Gasteiger partial charge in [-0.3, -0.25) is 39.2 Å². The molecule has 3 atom stereocenters. The van der Waals surface area contributed by atoms with Crippen molar-refractivity contribution in [2.24, 2.45) is 0 Å². The normalized spacial score (nSPS) is 24.8. The monoisotopic (exact) mass is 825 g/mol. The number of aromatic nitrogens is 1. The van der Waals surface area contributed by atoms with E-state index in [9.17, 15) is 28.0 Å². The predicted octanol–water partition coefficient (Wildman–Crippen LogP) is 5.90. The van der Waals surface area contributed by atoms with Crippen LogP contribution in [0.25, 0.3) is 10.9 Å². The summed E-state index contributed by atoms with van der Waals surface area (Å²) in [6, 6.07) is 12.3. The molecule has 0 aliphatic carbocycles. The van der Waals surface area contributed by atoms with Crippen molar-refractivity contribution in [2.45, 2.75) is 102 Å². The minimum Gasteiger partial charge on any atom is -0.371 e. The number of aromatic amines is 1. The quantitative estimate of drug-likeness (QED) is 0.175. The Labute approximate surface area is 344 Å². The first-order valence-electron chi connectivity index (χ1n) is 21.2. The Morgan fingerprint density at radius 3 is 2.03 bits per heavy atom. The molecule has 2 N–H and O–H groups in total. The number of imide groups is 2. The number of carbonyl (C=O) groups is 4. The number of likely N-dealkylation sites (tertiary alicyclic amines) is 1. The van der Waals surface area contributed by atoms with E-state index >= 15 is 8.78 Å². The van der Waals surface area contributed by atoms with Gasteiger partial charge in [0.2, 0.25) is 11.8 Å². The maximum absolute atomic E-state index is 16.3. The molecule has 15 heteroatoms. The molecule has 6 aliphatic heterocycles. The van der Waals surface area contributed by atoms with E-state index in [1.165, 1.54) is 17.0 Å². The van der Waals surface area contributed by atoms with Crippen LogP contribution in [-0.4, -0.2) is 112 Å². The van der Waals surface area contributed by atoms with Gasteiger partial charge in [0.05, 0.1) is 23.7 Å². The Balaban J connectivity index is 0.767. The first kappa shape index (κ1) is 39.0. The second-order valence-electron chi connectivity index (χ2n) is 17.4. The van der Waals surface area contributed by atoms with Crippen LogP contribution in [0.3, 0.4) is 0 Å². The highest BCUT2D eigenvalue weighted by molar-refractivity contribution is 6.23. The Morgan fingerprint density at radius 2 is 1.40 bits per heavy atom. The van der Waals surface area contributed by atoms with Crippen molar-refractivity contribution in [1.82, 2.24) is 29.9 Å². The molecule has 7 heterocycles. The SMILES string of the molecule is C[C@@H]1Cc2c([nH]c3ccccc23)[C@@H](c2c(F)cc(N3CCC(N4CCC(N5Cc6cc7c(cc6C5)C(=O)N(C5CCC(=O)NC5=O)C7=O)CC4)CC3)cc2F)N1CC(F)F. The lowest BCUT2D eigenvalue weighted by Crippen LogP contribution is -2.54. The molecule has 0 bridgehead atoms. The van der Waals surface area contributed by atoms with Gasteiger partial charge in [-0.15, -0.1) is 0 Å². The number of anilines is 1. The van der Waals surface area contributed by atoms with E-state index in [1.54, 1.807) is 0 Å². The number of alkyl halides is 2. The molecule has 11 nitrogen and oxygen atoms in total. The van der Waals surface area contributed by atoms with Crippen molar-refractivity contribution < 1.29 is 36.7 Å². The third kappa shape index (κ3) is 6.60. The van der Waals surface area contributed by atoms with E-state index in [2.05, 4.69) is 20.1 Å². The summed E-state index contributed by atoms with van der Waals surface area (Å²) in [6.45, 7) is 5.68. The van der Waals surface area contributed by atoms with Crippen LogP contribution >= 0.6 is 0 Å². The van der Waals surface area contributed by atoms with Crippen LogP contribution in [-0.2, 0) is 29.1 Å². The van der Waals surface area contributed by atoms with E-state index in [1.807, 2.05) is 48.2 Å². The molecule has 10 rings (SSSR count). The van der Waals surface area contributed by atoms with Crippen LogP contribution in [0.5, 0.6) is 0 Å². The number of nitrogens with zero attached hydrogens (tertiary/aromatic N) is 5. The van der Waals surface area contributed by atoms with Crippen LogP contribution in [0.2, 0.25) is 0 Å². The van der Waals surface area contributed by atoms with Crippen LogP contribution in [0.4, 0.5) is 23.2 Å².